The number of carbonyl (C=O) groups excluding carboxylic acids is 11. The predicted molar refractivity (Wildman–Crippen MR) is 380 cm³/mol. The predicted octanol–water partition coefficient (Wildman–Crippen LogP) is 5.52. The maximum Gasteiger partial charge on any atom is 0.270 e. The Kier molecular flexibility index (Phi) is 34.7. The quantitative estimate of drug-likeness (QED) is 0.128. The first-order chi connectivity index (χ1) is 46.9. The van der Waals surface area contributed by atoms with E-state index >= 15 is 33.6 Å². The second-order valence-electron chi connectivity index (χ2n) is 30.6. The van der Waals surface area contributed by atoms with Gasteiger partial charge >= 0.3 is 0 Å². The molecular formula is C73H127N13O14. The molecule has 27 nitrogen and oxygen atoms in total. The topological polar surface area (TPSA) is 296 Å². The van der Waals surface area contributed by atoms with Crippen molar-refractivity contribution in [2.24, 2.45) is 47.3 Å². The van der Waals surface area contributed by atoms with E-state index in [0.717, 1.165) is 50.4 Å². The van der Waals surface area contributed by atoms with Crippen LogP contribution in [0.15, 0.2) is 12.7 Å². The summed E-state index contributed by atoms with van der Waals surface area (Å²) in [6.07, 6.45) is 5.75. The number of aromatic nitrogens is 3. The Bertz CT molecular complexity index is 2850. The smallest absolute Gasteiger partial charge is 0.270 e. The SMILES string of the molecule is CC[C@@H]1NC(=O)[C@@H]2C([C@H](C)CCCCCn3cncn3)ON2C(=O)[C@H](C(C)C)N(C)C(=O)[C@H](CC(C)C)N(C)C(=O)[C@H](CC(C)C)N(C)C(=O)[C@@H](C)NC(=O)[C@H](C)CC(=O)[C@H](CC(C)C)N(C)C(=O)[C@H](C(C)C)CC(=O)[C@H]([C@@H](C)OCCCCN2CCOCC2)N(C)C(=O)[C@@H](C)N(C)C1=O. The number of hydrogen-bond acceptors (Lipinski definition) is 17. The van der Waals surface area contributed by atoms with Gasteiger partial charge in [-0.25, -0.2) is 10.0 Å². The summed E-state index contributed by atoms with van der Waals surface area (Å²) in [6, 6.07) is -10.7. The number of unbranched alkanes of at least 4 members (excludes halogenated alkanes) is 3. The van der Waals surface area contributed by atoms with E-state index in [1.807, 2.05) is 48.5 Å². The minimum Gasteiger partial charge on any atom is -0.379 e. The molecule has 100 heavy (non-hydrogen) atoms. The number of aryl methyl sites for hydroxylation is 1. The van der Waals surface area contributed by atoms with E-state index in [9.17, 15) is 19.2 Å². The lowest BCUT2D eigenvalue weighted by Gasteiger charge is -2.50. The average Bonchev–Trinajstić information content (AvgIpc) is 0.837. The lowest BCUT2D eigenvalue weighted by molar-refractivity contribution is -0.322. The highest BCUT2D eigenvalue weighted by molar-refractivity contribution is 6.00. The summed E-state index contributed by atoms with van der Waals surface area (Å²) in [7, 11) is 8.87. The zero-order valence-electron chi connectivity index (χ0n) is 64.7. The number of Topliss-reactive ketones (excluding diaryl/α,β-unsaturated/α-hetero) is 2. The van der Waals surface area contributed by atoms with E-state index in [0.29, 0.717) is 32.6 Å². The van der Waals surface area contributed by atoms with Crippen LogP contribution in [0, 0.1) is 47.3 Å². The van der Waals surface area contributed by atoms with Crippen LogP contribution in [-0.2, 0) is 73.6 Å². The van der Waals surface area contributed by atoms with Crippen molar-refractivity contribution in [2.45, 2.75) is 261 Å². The van der Waals surface area contributed by atoms with Crippen molar-refractivity contribution in [1.82, 2.24) is 64.8 Å². The first kappa shape index (κ1) is 86.0. The normalized spacial score (nSPS) is 27.7. The molecule has 3 aliphatic rings. The fourth-order valence-electron chi connectivity index (χ4n) is 13.9. The zero-order chi connectivity index (χ0) is 75.3. The molecule has 1 aromatic heterocycles. The molecule has 27 heteroatoms. The maximum atomic E-state index is 15.4. The number of nitrogens with one attached hydrogen (secondary N) is 2. The fraction of sp³-hybridized carbons (Fsp3) is 0.822. The molecule has 568 valence electrons. The van der Waals surface area contributed by atoms with Gasteiger partial charge in [-0.15, -0.1) is 0 Å². The Hall–Kier alpha value is -6.45. The molecule has 1 aromatic rings. The summed E-state index contributed by atoms with van der Waals surface area (Å²) in [5, 5.41) is 10.9. The molecule has 3 aliphatic heterocycles. The van der Waals surface area contributed by atoms with Crippen LogP contribution in [0.5, 0.6) is 0 Å². The van der Waals surface area contributed by atoms with Crippen molar-refractivity contribution in [3.63, 3.8) is 0 Å². The summed E-state index contributed by atoms with van der Waals surface area (Å²) < 4.78 is 13.7. The summed E-state index contributed by atoms with van der Waals surface area (Å²) >= 11 is 0. The van der Waals surface area contributed by atoms with Crippen LogP contribution in [-0.4, -0.2) is 267 Å². The van der Waals surface area contributed by atoms with Crippen LogP contribution in [0.2, 0.25) is 0 Å². The van der Waals surface area contributed by atoms with Gasteiger partial charge in [0.2, 0.25) is 47.3 Å². The van der Waals surface area contributed by atoms with E-state index in [1.54, 1.807) is 59.5 Å². The number of amides is 9. The number of carbonyl (C=O) groups is 11. The Morgan fingerprint density at radius 2 is 1.10 bits per heavy atom. The molecule has 0 spiro atoms. The van der Waals surface area contributed by atoms with E-state index in [1.165, 1.54) is 91.9 Å². The summed E-state index contributed by atoms with van der Waals surface area (Å²) in [4.78, 5) is 185. The lowest BCUT2D eigenvalue weighted by atomic mass is 9.85. The third kappa shape index (κ3) is 23.5. The standard InChI is InChI=1S/C73H127N13O14/c1-23-55-70(94)78(17)52(15)68(92)83(22)62(53(16)99-34-28-27-30-84-32-35-98-36-33-84)60(88)41-54(47(8)9)69(93)79(18)56(37-44(2)3)59(87)40-50(13)65(89)76-51(14)67(91)80(19)57(38-45(4)5)71(95)81(20)58(39-46(6)7)72(96)82(21)61(48(10)11)73(97)86-63(66(90)77-55)64(100-86)49(12)29-25-24-26-31-85-43-74-42-75-85/h42-58,61-64H,23-41H2,1-22H3,(H,76,89)(H,77,90)/t49-,50-,51-,52-,53-,54+,55+,56+,57+,58+,61+,62+,63+,64?/m1/s1. The number of morpholine rings is 1. The van der Waals surface area contributed by atoms with Gasteiger partial charge < -0.3 is 49.5 Å². The van der Waals surface area contributed by atoms with Gasteiger partial charge in [0.15, 0.2) is 17.6 Å². The number of rotatable bonds is 23. The summed E-state index contributed by atoms with van der Waals surface area (Å²) in [5.74, 6) is -10.1. The third-order valence-electron chi connectivity index (χ3n) is 20.4. The summed E-state index contributed by atoms with van der Waals surface area (Å²) in [6.45, 7) is 33.1. The number of ether oxygens (including phenoxy) is 2. The summed E-state index contributed by atoms with van der Waals surface area (Å²) in [5.41, 5.74) is 0. The number of nitrogens with zero attached hydrogens (tertiary/aromatic N) is 11. The number of hydrogen-bond donors (Lipinski definition) is 2. The van der Waals surface area contributed by atoms with Crippen LogP contribution in [0.4, 0.5) is 0 Å². The van der Waals surface area contributed by atoms with Crippen LogP contribution in [0.1, 0.15) is 188 Å². The Morgan fingerprint density at radius 3 is 1.65 bits per heavy atom. The van der Waals surface area contributed by atoms with Gasteiger partial charge in [-0.2, -0.15) is 5.10 Å². The van der Waals surface area contributed by atoms with Gasteiger partial charge in [-0.05, 0) is 114 Å². The van der Waals surface area contributed by atoms with Crippen molar-refractivity contribution < 1.29 is 67.1 Å². The highest BCUT2D eigenvalue weighted by atomic mass is 16.7. The van der Waals surface area contributed by atoms with Gasteiger partial charge in [0.25, 0.3) is 5.91 Å². The highest BCUT2D eigenvalue weighted by Crippen LogP contribution is 2.35. The molecule has 3 fully saturated rings. The van der Waals surface area contributed by atoms with Gasteiger partial charge in [-0.3, -0.25) is 67.2 Å². The van der Waals surface area contributed by atoms with E-state index in [-0.39, 0.29) is 68.8 Å². The van der Waals surface area contributed by atoms with E-state index in [2.05, 4.69) is 25.6 Å². The molecule has 1 unspecified atom stereocenters. The van der Waals surface area contributed by atoms with Crippen molar-refractivity contribution in [2.75, 3.05) is 81.7 Å². The van der Waals surface area contributed by atoms with Crippen molar-refractivity contribution in [3.8, 4) is 0 Å². The first-order valence-corrected chi connectivity index (χ1v) is 36.9. The molecular weight excluding hydrogens is 1280 g/mol. The monoisotopic (exact) mass is 1410 g/mol. The minimum atomic E-state index is -1.29. The fourth-order valence-corrected chi connectivity index (χ4v) is 13.9. The molecule has 0 aliphatic carbocycles. The van der Waals surface area contributed by atoms with Gasteiger partial charge in [0.1, 0.15) is 61.1 Å². The molecule has 14 atom stereocenters. The first-order valence-electron chi connectivity index (χ1n) is 36.9. The Labute approximate surface area is 596 Å². The number of fused-ring (bicyclic) bond motifs is 1. The second kappa shape index (κ2) is 40.4. The molecule has 0 bridgehead atoms. The average molecular weight is 1410 g/mol. The zero-order valence-corrected chi connectivity index (χ0v) is 64.7. The largest absolute Gasteiger partial charge is 0.379 e. The van der Waals surface area contributed by atoms with Crippen molar-refractivity contribution in [1.29, 1.82) is 0 Å². The molecule has 0 aromatic carbocycles. The highest BCUT2D eigenvalue weighted by Gasteiger charge is 2.55. The molecule has 4 rings (SSSR count). The lowest BCUT2D eigenvalue weighted by Crippen LogP contribution is -2.72. The number of likely N-dealkylation sites (N-methyl/N-ethyl adjacent to an activating group) is 6. The van der Waals surface area contributed by atoms with Crippen molar-refractivity contribution >= 4 is 64.7 Å². The second-order valence-corrected chi connectivity index (χ2v) is 30.6. The number of ketones is 2. The van der Waals surface area contributed by atoms with Crippen LogP contribution in [0.3, 0.4) is 0 Å². The Morgan fingerprint density at radius 1 is 0.550 bits per heavy atom. The Balaban J connectivity index is 1.87. The molecule has 4 heterocycles. The van der Waals surface area contributed by atoms with Crippen LogP contribution < -0.4 is 10.6 Å². The number of hydroxylamine groups is 2. The molecule has 2 N–H and O–H groups in total. The van der Waals surface area contributed by atoms with Crippen LogP contribution in [0.25, 0.3) is 0 Å². The minimum absolute atomic E-state index is 0.0593. The molecule has 9 amide bonds. The van der Waals surface area contributed by atoms with Gasteiger partial charge in [0.05, 0.1) is 25.4 Å². The third-order valence-corrected chi connectivity index (χ3v) is 20.4. The molecule has 0 saturated carbocycles. The van der Waals surface area contributed by atoms with Crippen molar-refractivity contribution in [3.05, 3.63) is 12.7 Å². The maximum absolute atomic E-state index is 15.4. The van der Waals surface area contributed by atoms with Crippen LogP contribution >= 0.6 is 0 Å². The molecule has 3 saturated heterocycles. The molecule has 0 radical (unpaired) electrons. The van der Waals surface area contributed by atoms with Gasteiger partial charge in [-0.1, -0.05) is 103 Å². The van der Waals surface area contributed by atoms with E-state index < -0.39 is 155 Å². The van der Waals surface area contributed by atoms with E-state index in [4.69, 9.17) is 14.3 Å². The van der Waals surface area contributed by atoms with Gasteiger partial charge in [0, 0.05) is 93.2 Å².